The highest BCUT2D eigenvalue weighted by Gasteiger charge is 2.42. The molecule has 2 fully saturated rings. The topological polar surface area (TPSA) is 69.2 Å². The number of nitrogens with one attached hydrogen (secondary N) is 1. The van der Waals surface area contributed by atoms with Crippen LogP contribution in [0, 0.1) is 29.5 Å². The summed E-state index contributed by atoms with van der Waals surface area (Å²) in [5.74, 6) is -0.313. The van der Waals surface area contributed by atoms with E-state index in [0.717, 1.165) is 47.7 Å². The lowest BCUT2D eigenvalue weighted by Gasteiger charge is -2.38. The molecule has 1 spiro atoms. The number of benzene rings is 1. The Labute approximate surface area is 208 Å². The summed E-state index contributed by atoms with van der Waals surface area (Å²) in [6, 6.07) is 12.8. The summed E-state index contributed by atoms with van der Waals surface area (Å²) in [6.07, 6.45) is 6.12. The molecule has 4 heterocycles. The normalized spacial score (nSPS) is 16.6. The summed E-state index contributed by atoms with van der Waals surface area (Å²) >= 11 is 1.30. The van der Waals surface area contributed by atoms with Crippen molar-refractivity contribution in [2.24, 2.45) is 5.41 Å². The summed E-state index contributed by atoms with van der Waals surface area (Å²) in [7, 11) is 0. The fourth-order valence-electron chi connectivity index (χ4n) is 5.50. The lowest BCUT2D eigenvalue weighted by atomic mass is 9.68. The van der Waals surface area contributed by atoms with Gasteiger partial charge >= 0.3 is 0 Å². The van der Waals surface area contributed by atoms with Crippen molar-refractivity contribution in [2.75, 3.05) is 23.3 Å². The van der Waals surface area contributed by atoms with Gasteiger partial charge in [0.2, 0.25) is 0 Å². The number of nitriles is 1. The Morgan fingerprint density at radius 3 is 2.66 bits per heavy atom. The maximum atomic E-state index is 13.4. The van der Waals surface area contributed by atoms with Gasteiger partial charge in [-0.3, -0.25) is 0 Å². The van der Waals surface area contributed by atoms with E-state index in [4.69, 9.17) is 10.1 Å². The van der Waals surface area contributed by atoms with E-state index < -0.39 is 0 Å². The Morgan fingerprint density at radius 2 is 2.00 bits per heavy atom. The van der Waals surface area contributed by atoms with Crippen molar-refractivity contribution in [1.29, 1.82) is 5.26 Å². The van der Waals surface area contributed by atoms with Gasteiger partial charge < -0.3 is 10.2 Å². The van der Waals surface area contributed by atoms with Crippen LogP contribution >= 0.6 is 11.3 Å². The molecule has 0 atom stereocenters. The van der Waals surface area contributed by atoms with Crippen LogP contribution < -0.4 is 10.2 Å². The molecule has 8 heteroatoms. The number of hydrogen-bond acceptors (Lipinski definition) is 6. The smallest absolute Gasteiger partial charge is 0.189 e. The monoisotopic (exact) mass is 486 g/mol. The first-order valence-electron chi connectivity index (χ1n) is 12.2. The molecule has 1 aromatic carbocycles. The second-order valence-corrected chi connectivity index (χ2v) is 10.8. The fourth-order valence-corrected chi connectivity index (χ4v) is 6.29. The van der Waals surface area contributed by atoms with Crippen LogP contribution in [0.15, 0.2) is 36.4 Å². The summed E-state index contributed by atoms with van der Waals surface area (Å²) in [5, 5.41) is 18.7. The van der Waals surface area contributed by atoms with Crippen molar-refractivity contribution >= 4 is 33.4 Å². The number of hydrogen-bond donors (Lipinski definition) is 1. The third kappa shape index (κ3) is 3.75. The Hall–Kier alpha value is -3.44. The number of aromatic nitrogens is 3. The van der Waals surface area contributed by atoms with Gasteiger partial charge in [0.25, 0.3) is 0 Å². The minimum absolute atomic E-state index is 0.313. The van der Waals surface area contributed by atoms with Crippen LogP contribution in [-0.4, -0.2) is 27.7 Å². The molecule has 1 aliphatic carbocycles. The lowest BCUT2D eigenvalue weighted by Crippen LogP contribution is -2.33. The first kappa shape index (κ1) is 22.1. The van der Waals surface area contributed by atoms with Crippen molar-refractivity contribution < 1.29 is 4.39 Å². The van der Waals surface area contributed by atoms with Crippen LogP contribution in [0.1, 0.15) is 48.9 Å². The summed E-state index contributed by atoms with van der Waals surface area (Å²) in [4.78, 5) is 7.73. The van der Waals surface area contributed by atoms with Gasteiger partial charge in [0.05, 0.1) is 16.9 Å². The first-order valence-corrected chi connectivity index (χ1v) is 13.0. The van der Waals surface area contributed by atoms with Gasteiger partial charge in [-0.2, -0.15) is 10.4 Å². The minimum atomic E-state index is -0.313. The third-order valence-electron chi connectivity index (χ3n) is 7.60. The molecule has 1 saturated carbocycles. The van der Waals surface area contributed by atoms with Crippen molar-refractivity contribution in [2.45, 2.75) is 46.0 Å². The van der Waals surface area contributed by atoms with E-state index in [1.807, 2.05) is 4.52 Å². The van der Waals surface area contributed by atoms with E-state index in [2.05, 4.69) is 42.3 Å². The Morgan fingerprint density at radius 1 is 1.20 bits per heavy atom. The predicted molar refractivity (Wildman–Crippen MR) is 138 cm³/mol. The molecule has 0 radical (unpaired) electrons. The second kappa shape index (κ2) is 8.35. The third-order valence-corrected chi connectivity index (χ3v) is 8.48. The Balaban J connectivity index is 1.38. The molecule has 1 aliphatic heterocycles. The molecular weight excluding hydrogens is 459 g/mol. The van der Waals surface area contributed by atoms with Gasteiger partial charge in [-0.05, 0) is 74.4 Å². The lowest BCUT2D eigenvalue weighted by molar-refractivity contribution is 0.165. The molecule has 3 aromatic heterocycles. The Bertz CT molecular complexity index is 1460. The molecule has 0 bridgehead atoms. The molecule has 2 aliphatic rings. The molecular formula is C27H27FN6S. The molecule has 0 unspecified atom stereocenters. The molecule has 0 amide bonds. The summed E-state index contributed by atoms with van der Waals surface area (Å²) in [6.45, 7) is 6.44. The zero-order valence-electron chi connectivity index (χ0n) is 19.9. The maximum Gasteiger partial charge on any atom is 0.189 e. The number of pyridine rings is 1. The van der Waals surface area contributed by atoms with Gasteiger partial charge in [0.15, 0.2) is 5.13 Å². The number of fused-ring (bicyclic) bond motifs is 1. The summed E-state index contributed by atoms with van der Waals surface area (Å²) in [5.41, 5.74) is 7.06. The van der Waals surface area contributed by atoms with Crippen molar-refractivity contribution in [1.82, 2.24) is 14.6 Å². The number of aryl methyl sites for hydroxylation is 2. The maximum absolute atomic E-state index is 13.4. The van der Waals surface area contributed by atoms with Crippen molar-refractivity contribution in [3.8, 4) is 17.3 Å². The SMILES string of the molecule is CCc1nn2c(C)cc(N3CCC4(CCC4)C3)cc2c1Nc1nc(-c2ccc(F)cc2)c(C#N)s1. The highest BCUT2D eigenvalue weighted by atomic mass is 32.1. The van der Waals surface area contributed by atoms with Gasteiger partial charge in [0.1, 0.15) is 22.5 Å². The number of rotatable bonds is 5. The highest BCUT2D eigenvalue weighted by molar-refractivity contribution is 7.16. The van der Waals surface area contributed by atoms with Crippen LogP contribution in [0.4, 0.5) is 20.9 Å². The molecule has 178 valence electrons. The molecule has 4 aromatic rings. The molecule has 6 rings (SSSR count). The van der Waals surface area contributed by atoms with E-state index in [0.29, 0.717) is 21.1 Å². The van der Waals surface area contributed by atoms with Gasteiger partial charge in [-0.25, -0.2) is 13.9 Å². The summed E-state index contributed by atoms with van der Waals surface area (Å²) < 4.78 is 15.4. The van der Waals surface area contributed by atoms with E-state index in [-0.39, 0.29) is 5.82 Å². The predicted octanol–water partition coefficient (Wildman–Crippen LogP) is 6.46. The van der Waals surface area contributed by atoms with Gasteiger partial charge in [0, 0.05) is 30.0 Å². The second-order valence-electron chi connectivity index (χ2n) is 9.79. The fraction of sp³-hybridized carbons (Fsp3) is 0.370. The zero-order chi connectivity index (χ0) is 24.2. The number of anilines is 3. The highest BCUT2D eigenvalue weighted by Crippen LogP contribution is 2.49. The average Bonchev–Trinajstić information content (AvgIpc) is 3.55. The van der Waals surface area contributed by atoms with Crippen LogP contribution in [0.3, 0.4) is 0 Å². The van der Waals surface area contributed by atoms with Crippen LogP contribution in [-0.2, 0) is 6.42 Å². The van der Waals surface area contributed by atoms with Gasteiger partial charge in [-0.15, -0.1) is 0 Å². The van der Waals surface area contributed by atoms with E-state index in [1.54, 1.807) is 12.1 Å². The zero-order valence-corrected chi connectivity index (χ0v) is 20.8. The first-order chi connectivity index (χ1) is 17.0. The van der Waals surface area contributed by atoms with Crippen LogP contribution in [0.5, 0.6) is 0 Å². The quantitative estimate of drug-likeness (QED) is 0.350. The molecule has 35 heavy (non-hydrogen) atoms. The van der Waals surface area contributed by atoms with Crippen molar-refractivity contribution in [3.63, 3.8) is 0 Å². The van der Waals surface area contributed by atoms with E-state index >= 15 is 0 Å². The number of halogens is 1. The van der Waals surface area contributed by atoms with E-state index in [9.17, 15) is 9.65 Å². The number of thiazole rings is 1. The van der Waals surface area contributed by atoms with Crippen LogP contribution in [0.25, 0.3) is 16.8 Å². The Kier molecular flexibility index (Phi) is 5.26. The standard InChI is InChI=1S/C27H27FN6S/c1-3-21-25(31-26-30-24(23(15-29)35-26)18-5-7-19(28)8-6-18)22-14-20(13-17(2)34(22)32-21)33-12-11-27(16-33)9-4-10-27/h5-8,13-14H,3-4,9-12,16H2,1-2H3,(H,30,31). The van der Waals surface area contributed by atoms with Gasteiger partial charge in [-0.1, -0.05) is 24.7 Å². The van der Waals surface area contributed by atoms with E-state index in [1.165, 1.54) is 54.8 Å². The minimum Gasteiger partial charge on any atom is -0.371 e. The number of nitrogens with zero attached hydrogens (tertiary/aromatic N) is 5. The molecule has 1 N–H and O–H groups in total. The largest absolute Gasteiger partial charge is 0.371 e. The van der Waals surface area contributed by atoms with Crippen molar-refractivity contribution in [3.05, 3.63) is 58.5 Å². The average molecular weight is 487 g/mol. The molecule has 1 saturated heterocycles. The van der Waals surface area contributed by atoms with Crippen LogP contribution in [0.2, 0.25) is 0 Å². The molecule has 6 nitrogen and oxygen atoms in total.